The number of fused-ring (bicyclic) bond motifs is 1. The van der Waals surface area contributed by atoms with Gasteiger partial charge in [-0.05, 0) is 67.6 Å². The molecule has 8 nitrogen and oxygen atoms in total. The number of nitrogens with one attached hydrogen (secondary N) is 1. The molecule has 1 aromatic carbocycles. The van der Waals surface area contributed by atoms with Crippen molar-refractivity contribution < 1.29 is 9.90 Å². The zero-order chi connectivity index (χ0) is 22.4. The molecule has 2 aromatic heterocycles. The SMILES string of the molecule is Cc1cc(C=C2C(=N)N3N=C(c4cccnc4)SC3=NC2=O)c(C)n1-c1ccccc1O. The molecule has 32 heavy (non-hydrogen) atoms. The van der Waals surface area contributed by atoms with E-state index < -0.39 is 5.91 Å². The molecule has 0 spiro atoms. The molecule has 3 aromatic rings. The molecule has 1 amide bonds. The Labute approximate surface area is 188 Å². The number of thioether (sulfide) groups is 1. The van der Waals surface area contributed by atoms with Crippen LogP contribution in [0.1, 0.15) is 22.5 Å². The van der Waals surface area contributed by atoms with Gasteiger partial charge >= 0.3 is 0 Å². The number of amides is 1. The molecule has 0 fully saturated rings. The zero-order valence-corrected chi connectivity index (χ0v) is 18.1. The van der Waals surface area contributed by atoms with Crippen molar-refractivity contribution >= 4 is 39.8 Å². The van der Waals surface area contributed by atoms with Crippen LogP contribution < -0.4 is 0 Å². The maximum Gasteiger partial charge on any atom is 0.283 e. The highest BCUT2D eigenvalue weighted by Gasteiger charge is 2.36. The Morgan fingerprint density at radius 3 is 2.72 bits per heavy atom. The Bertz CT molecular complexity index is 1370. The van der Waals surface area contributed by atoms with Crippen LogP contribution in [0.15, 0.2) is 70.5 Å². The highest BCUT2D eigenvalue weighted by molar-refractivity contribution is 8.27. The van der Waals surface area contributed by atoms with E-state index in [0.717, 1.165) is 22.5 Å². The lowest BCUT2D eigenvalue weighted by Crippen LogP contribution is -2.35. The van der Waals surface area contributed by atoms with Gasteiger partial charge in [-0.25, -0.2) is 0 Å². The predicted molar refractivity (Wildman–Crippen MR) is 125 cm³/mol. The van der Waals surface area contributed by atoms with Gasteiger partial charge in [0.15, 0.2) is 5.84 Å². The fourth-order valence-corrected chi connectivity index (χ4v) is 4.59. The number of carbonyl (C=O) groups excluding carboxylic acids is 1. The molecule has 0 saturated heterocycles. The normalized spacial score (nSPS) is 16.9. The number of phenolic OH excluding ortho intramolecular Hbond substituents is 1. The summed E-state index contributed by atoms with van der Waals surface area (Å²) in [5.41, 5.74) is 4.10. The van der Waals surface area contributed by atoms with Crippen molar-refractivity contribution in [2.24, 2.45) is 10.1 Å². The van der Waals surface area contributed by atoms with Gasteiger partial charge in [-0.2, -0.15) is 15.1 Å². The maximum absolute atomic E-state index is 12.8. The molecule has 2 aliphatic rings. The molecule has 2 aliphatic heterocycles. The smallest absolute Gasteiger partial charge is 0.283 e. The number of aromatic hydroxyl groups is 1. The monoisotopic (exact) mass is 442 g/mol. The van der Waals surface area contributed by atoms with Crippen molar-refractivity contribution in [1.29, 1.82) is 5.41 Å². The summed E-state index contributed by atoms with van der Waals surface area (Å²) in [4.78, 5) is 21.0. The second-order valence-corrected chi connectivity index (χ2v) is 8.27. The number of aryl methyl sites for hydroxylation is 1. The van der Waals surface area contributed by atoms with Gasteiger partial charge in [0.1, 0.15) is 10.8 Å². The number of amidine groups is 2. The van der Waals surface area contributed by atoms with Gasteiger partial charge in [-0.3, -0.25) is 15.2 Å². The van der Waals surface area contributed by atoms with Crippen LogP contribution in [0.4, 0.5) is 0 Å². The number of hydrogen-bond acceptors (Lipinski definition) is 6. The minimum Gasteiger partial charge on any atom is -0.506 e. The summed E-state index contributed by atoms with van der Waals surface area (Å²) in [5.74, 6) is -0.349. The average molecular weight is 443 g/mol. The first-order valence-electron chi connectivity index (χ1n) is 9.82. The molecular formula is C23H18N6O2S. The summed E-state index contributed by atoms with van der Waals surface area (Å²) in [6.07, 6.45) is 5.01. The summed E-state index contributed by atoms with van der Waals surface area (Å²) >= 11 is 1.24. The first-order valence-corrected chi connectivity index (χ1v) is 10.6. The van der Waals surface area contributed by atoms with E-state index in [9.17, 15) is 9.90 Å². The number of pyridine rings is 1. The van der Waals surface area contributed by atoms with Crippen molar-refractivity contribution in [2.75, 3.05) is 0 Å². The highest BCUT2D eigenvalue weighted by atomic mass is 32.2. The van der Waals surface area contributed by atoms with Crippen LogP contribution in [0.5, 0.6) is 5.75 Å². The summed E-state index contributed by atoms with van der Waals surface area (Å²) in [7, 11) is 0. The number of aromatic nitrogens is 2. The summed E-state index contributed by atoms with van der Waals surface area (Å²) in [5, 5.41) is 25.7. The largest absolute Gasteiger partial charge is 0.506 e. The third kappa shape index (κ3) is 3.23. The van der Waals surface area contributed by atoms with Crippen LogP contribution in [-0.2, 0) is 4.79 Å². The van der Waals surface area contributed by atoms with E-state index >= 15 is 0 Å². The third-order valence-corrected chi connectivity index (χ3v) is 6.21. The summed E-state index contributed by atoms with van der Waals surface area (Å²) < 4.78 is 1.91. The Morgan fingerprint density at radius 2 is 1.97 bits per heavy atom. The number of nitrogens with zero attached hydrogens (tertiary/aromatic N) is 5. The van der Waals surface area contributed by atoms with E-state index in [2.05, 4.69) is 15.1 Å². The minimum atomic E-state index is -0.483. The number of para-hydroxylation sites is 2. The second kappa shape index (κ2) is 7.61. The zero-order valence-electron chi connectivity index (χ0n) is 17.3. The Hall–Kier alpha value is -3.98. The van der Waals surface area contributed by atoms with Crippen molar-refractivity contribution in [2.45, 2.75) is 13.8 Å². The molecular weight excluding hydrogens is 424 g/mol. The number of hydrazone groups is 1. The quantitative estimate of drug-likeness (QED) is 0.599. The maximum atomic E-state index is 12.8. The van der Waals surface area contributed by atoms with Gasteiger partial charge in [-0.1, -0.05) is 12.1 Å². The van der Waals surface area contributed by atoms with Crippen LogP contribution >= 0.6 is 11.8 Å². The number of rotatable bonds is 3. The minimum absolute atomic E-state index is 0.0289. The van der Waals surface area contributed by atoms with E-state index in [1.54, 1.807) is 36.7 Å². The molecule has 0 saturated carbocycles. The van der Waals surface area contributed by atoms with Crippen LogP contribution in [0, 0.1) is 19.3 Å². The van der Waals surface area contributed by atoms with Crippen LogP contribution in [0.25, 0.3) is 11.8 Å². The summed E-state index contributed by atoms with van der Waals surface area (Å²) in [6.45, 7) is 3.83. The van der Waals surface area contributed by atoms with E-state index in [1.165, 1.54) is 16.8 Å². The Morgan fingerprint density at radius 1 is 1.16 bits per heavy atom. The molecule has 0 unspecified atom stereocenters. The number of benzene rings is 1. The van der Waals surface area contributed by atoms with E-state index in [4.69, 9.17) is 5.41 Å². The molecule has 158 valence electrons. The van der Waals surface area contributed by atoms with Crippen molar-refractivity contribution in [3.05, 3.63) is 82.9 Å². The molecule has 2 N–H and O–H groups in total. The molecule has 4 heterocycles. The van der Waals surface area contributed by atoms with Crippen LogP contribution in [-0.4, -0.2) is 41.6 Å². The van der Waals surface area contributed by atoms with Gasteiger partial charge in [0, 0.05) is 29.3 Å². The molecule has 9 heteroatoms. The van der Waals surface area contributed by atoms with Gasteiger partial charge in [0.25, 0.3) is 5.91 Å². The predicted octanol–water partition coefficient (Wildman–Crippen LogP) is 3.86. The molecule has 0 aliphatic carbocycles. The van der Waals surface area contributed by atoms with Gasteiger partial charge in [0.05, 0.1) is 11.3 Å². The van der Waals surface area contributed by atoms with Crippen molar-refractivity contribution in [1.82, 2.24) is 14.6 Å². The number of phenols is 1. The Balaban J connectivity index is 1.53. The van der Waals surface area contributed by atoms with Gasteiger partial charge in [-0.15, -0.1) is 0 Å². The lowest BCUT2D eigenvalue weighted by atomic mass is 10.1. The number of aliphatic imine (C=N–C) groups is 1. The van der Waals surface area contributed by atoms with Crippen molar-refractivity contribution in [3.63, 3.8) is 0 Å². The number of hydrogen-bond donors (Lipinski definition) is 2. The second-order valence-electron chi connectivity index (χ2n) is 7.32. The van der Waals surface area contributed by atoms with Gasteiger partial charge in [0.2, 0.25) is 5.17 Å². The number of carbonyl (C=O) groups is 1. The fourth-order valence-electron chi connectivity index (χ4n) is 3.71. The van der Waals surface area contributed by atoms with Crippen LogP contribution in [0.2, 0.25) is 0 Å². The third-order valence-electron chi connectivity index (χ3n) is 5.26. The first kappa shape index (κ1) is 20.0. The molecule has 0 atom stereocenters. The van der Waals surface area contributed by atoms with Crippen molar-refractivity contribution in [3.8, 4) is 11.4 Å². The average Bonchev–Trinajstić information content (AvgIpc) is 3.33. The van der Waals surface area contributed by atoms with Crippen LogP contribution in [0.3, 0.4) is 0 Å². The van der Waals surface area contributed by atoms with E-state index in [-0.39, 0.29) is 17.2 Å². The van der Waals surface area contributed by atoms with Gasteiger partial charge < -0.3 is 9.67 Å². The molecule has 5 rings (SSSR count). The van der Waals surface area contributed by atoms with E-state index in [1.807, 2.05) is 42.7 Å². The highest BCUT2D eigenvalue weighted by Crippen LogP contribution is 2.32. The fraction of sp³-hybridized carbons (Fsp3) is 0.0870. The first-order chi connectivity index (χ1) is 15.4. The standard InChI is InChI=1S/C23H18N6O2S/c1-13-10-16(14(2)28(13)18-7-3-4-8-19(18)30)11-17-20(24)29-23(26-21(17)31)32-22(27-29)15-6-5-9-25-12-15/h3-12,24,30H,1-2H3. The van der Waals surface area contributed by atoms with E-state index in [0.29, 0.717) is 15.9 Å². The lowest BCUT2D eigenvalue weighted by molar-refractivity contribution is -0.114. The summed E-state index contributed by atoms with van der Waals surface area (Å²) in [6, 6.07) is 12.7. The molecule has 0 radical (unpaired) electrons. The lowest BCUT2D eigenvalue weighted by Gasteiger charge is -2.20. The molecule has 0 bridgehead atoms. The topological polar surface area (TPSA) is 107 Å². The Kier molecular flexibility index (Phi) is 4.75.